The van der Waals surface area contributed by atoms with E-state index in [9.17, 15) is 0 Å². The van der Waals surface area contributed by atoms with E-state index in [4.69, 9.17) is 15.2 Å². The largest absolute Gasteiger partial charge is 0.497 e. The number of hydrogen-bond acceptors (Lipinski definition) is 5. The monoisotopic (exact) mass is 247 g/mol. The van der Waals surface area contributed by atoms with Crippen molar-refractivity contribution in [3.63, 3.8) is 0 Å². The topological polar surface area (TPSA) is 60.1 Å². The molecule has 5 nitrogen and oxygen atoms in total. The van der Waals surface area contributed by atoms with Crippen molar-refractivity contribution in [3.05, 3.63) is 24.3 Å². The number of hydrogen-bond donors (Lipinski definition) is 1. The van der Waals surface area contributed by atoms with E-state index in [2.05, 4.69) is 9.89 Å². The second kappa shape index (κ2) is 4.17. The Morgan fingerprint density at radius 1 is 1.50 bits per heavy atom. The first-order valence-corrected chi connectivity index (χ1v) is 6.07. The van der Waals surface area contributed by atoms with E-state index < -0.39 is 0 Å². The normalized spacial score (nSPS) is 26.7. The van der Waals surface area contributed by atoms with Crippen LogP contribution in [0, 0.1) is 0 Å². The van der Waals surface area contributed by atoms with Crippen LogP contribution in [-0.2, 0) is 4.74 Å². The van der Waals surface area contributed by atoms with Crippen molar-refractivity contribution >= 4 is 11.6 Å². The molecule has 0 radical (unpaired) electrons. The number of anilines is 1. The summed E-state index contributed by atoms with van der Waals surface area (Å²) in [6.07, 6.45) is 0.953. The predicted molar refractivity (Wildman–Crippen MR) is 70.1 cm³/mol. The van der Waals surface area contributed by atoms with Crippen LogP contribution >= 0.6 is 0 Å². The Morgan fingerprint density at radius 2 is 2.39 bits per heavy atom. The molecule has 0 aromatic heterocycles. The summed E-state index contributed by atoms with van der Waals surface area (Å²) < 4.78 is 10.8. The first-order chi connectivity index (χ1) is 8.75. The molecule has 0 aliphatic carbocycles. The second-order valence-electron chi connectivity index (χ2n) is 4.74. The number of benzene rings is 1. The van der Waals surface area contributed by atoms with Gasteiger partial charge in [-0.05, 0) is 18.6 Å². The van der Waals surface area contributed by atoms with E-state index in [1.807, 2.05) is 24.3 Å². The minimum atomic E-state index is -0.101. The summed E-state index contributed by atoms with van der Waals surface area (Å²) in [5.74, 6) is 1.38. The third-order valence-corrected chi connectivity index (χ3v) is 3.63. The van der Waals surface area contributed by atoms with Gasteiger partial charge in [0, 0.05) is 18.4 Å². The number of rotatable bonds is 2. The van der Waals surface area contributed by atoms with E-state index in [0.29, 0.717) is 19.1 Å². The zero-order valence-electron chi connectivity index (χ0n) is 10.4. The van der Waals surface area contributed by atoms with Gasteiger partial charge in [0.1, 0.15) is 5.75 Å². The highest BCUT2D eigenvalue weighted by molar-refractivity contribution is 5.98. The van der Waals surface area contributed by atoms with Gasteiger partial charge in [-0.15, -0.1) is 0 Å². The van der Waals surface area contributed by atoms with Gasteiger partial charge in [0.05, 0.1) is 25.8 Å². The van der Waals surface area contributed by atoms with Crippen LogP contribution in [0.25, 0.3) is 0 Å². The fourth-order valence-electron chi connectivity index (χ4n) is 2.67. The molecule has 0 bridgehead atoms. The fraction of sp³-hybridized carbons (Fsp3) is 0.462. The molecule has 96 valence electrons. The lowest BCUT2D eigenvalue weighted by Gasteiger charge is -2.34. The lowest BCUT2D eigenvalue weighted by Crippen LogP contribution is -2.52. The zero-order valence-corrected chi connectivity index (χ0v) is 10.4. The Labute approximate surface area is 106 Å². The van der Waals surface area contributed by atoms with Crippen molar-refractivity contribution in [1.29, 1.82) is 0 Å². The first kappa shape index (κ1) is 11.3. The molecule has 2 heterocycles. The number of guanidine groups is 1. The molecule has 1 spiro atoms. The Kier molecular flexibility index (Phi) is 2.63. The summed E-state index contributed by atoms with van der Waals surface area (Å²) in [6.45, 7) is 2.15. The summed E-state index contributed by atoms with van der Waals surface area (Å²) in [5, 5.41) is 0. The number of methoxy groups -OCH3 is 1. The molecule has 2 aliphatic rings. The highest BCUT2D eigenvalue weighted by Gasteiger charge is 2.46. The van der Waals surface area contributed by atoms with Crippen LogP contribution in [0.2, 0.25) is 0 Å². The Hall–Kier alpha value is -1.75. The van der Waals surface area contributed by atoms with E-state index in [1.54, 1.807) is 7.11 Å². The maximum atomic E-state index is 6.04. The summed E-state index contributed by atoms with van der Waals surface area (Å²) in [5.41, 5.74) is 6.95. The third kappa shape index (κ3) is 1.62. The van der Waals surface area contributed by atoms with Gasteiger partial charge in [0.25, 0.3) is 0 Å². The summed E-state index contributed by atoms with van der Waals surface area (Å²) >= 11 is 0. The zero-order chi connectivity index (χ0) is 12.6. The van der Waals surface area contributed by atoms with E-state index in [1.165, 1.54) is 0 Å². The van der Waals surface area contributed by atoms with Gasteiger partial charge in [-0.25, -0.2) is 0 Å². The lowest BCUT2D eigenvalue weighted by molar-refractivity contribution is 0.181. The number of nitrogens with two attached hydrogens (primary N) is 1. The highest BCUT2D eigenvalue weighted by Crippen LogP contribution is 2.36. The van der Waals surface area contributed by atoms with Crippen molar-refractivity contribution < 1.29 is 9.47 Å². The standard InChI is InChI=1S/C13H17N3O2/c1-17-11-4-2-3-10(7-11)16-12(14)15-8-13(16)5-6-18-9-13/h2-4,7H,5-6,8-9H2,1H3,(H2,14,15). The van der Waals surface area contributed by atoms with Crippen molar-refractivity contribution in [2.45, 2.75) is 12.0 Å². The summed E-state index contributed by atoms with van der Waals surface area (Å²) in [6, 6.07) is 7.89. The molecular formula is C13H17N3O2. The molecule has 0 saturated carbocycles. The average Bonchev–Trinajstić information content (AvgIpc) is 2.99. The van der Waals surface area contributed by atoms with Crippen molar-refractivity contribution in [2.24, 2.45) is 10.7 Å². The summed E-state index contributed by atoms with van der Waals surface area (Å²) in [4.78, 5) is 6.47. The molecule has 2 aliphatic heterocycles. The van der Waals surface area contributed by atoms with Gasteiger partial charge < -0.3 is 20.1 Å². The van der Waals surface area contributed by atoms with E-state index in [-0.39, 0.29) is 5.54 Å². The van der Waals surface area contributed by atoms with Crippen LogP contribution < -0.4 is 15.4 Å². The molecule has 2 N–H and O–H groups in total. The molecule has 1 saturated heterocycles. The van der Waals surface area contributed by atoms with Crippen LogP contribution in [-0.4, -0.2) is 38.4 Å². The van der Waals surface area contributed by atoms with Crippen LogP contribution in [0.4, 0.5) is 5.69 Å². The van der Waals surface area contributed by atoms with Gasteiger partial charge in [0.15, 0.2) is 5.96 Å². The lowest BCUT2D eigenvalue weighted by atomic mass is 9.97. The van der Waals surface area contributed by atoms with Crippen LogP contribution in [0.5, 0.6) is 5.75 Å². The van der Waals surface area contributed by atoms with Gasteiger partial charge in [0.2, 0.25) is 0 Å². The van der Waals surface area contributed by atoms with Crippen molar-refractivity contribution in [2.75, 3.05) is 31.8 Å². The number of nitrogens with zero attached hydrogens (tertiary/aromatic N) is 2. The smallest absolute Gasteiger partial charge is 0.196 e. The number of ether oxygens (including phenoxy) is 2. The van der Waals surface area contributed by atoms with E-state index in [0.717, 1.165) is 24.5 Å². The van der Waals surface area contributed by atoms with Crippen molar-refractivity contribution in [3.8, 4) is 5.75 Å². The van der Waals surface area contributed by atoms with Gasteiger partial charge in [-0.3, -0.25) is 4.99 Å². The SMILES string of the molecule is COc1cccc(N2C(N)=NCC23CCOC3)c1. The Balaban J connectivity index is 1.99. The van der Waals surface area contributed by atoms with Crippen molar-refractivity contribution in [1.82, 2.24) is 0 Å². The van der Waals surface area contributed by atoms with E-state index >= 15 is 0 Å². The fourth-order valence-corrected chi connectivity index (χ4v) is 2.67. The van der Waals surface area contributed by atoms with Crippen LogP contribution in [0.15, 0.2) is 29.3 Å². The molecule has 1 unspecified atom stereocenters. The maximum Gasteiger partial charge on any atom is 0.196 e. The van der Waals surface area contributed by atoms with Gasteiger partial charge in [-0.1, -0.05) is 6.07 Å². The second-order valence-corrected chi connectivity index (χ2v) is 4.74. The highest BCUT2D eigenvalue weighted by atomic mass is 16.5. The molecule has 1 aromatic carbocycles. The molecule has 18 heavy (non-hydrogen) atoms. The first-order valence-electron chi connectivity index (χ1n) is 6.07. The molecule has 1 atom stereocenters. The molecular weight excluding hydrogens is 230 g/mol. The Morgan fingerprint density at radius 3 is 3.11 bits per heavy atom. The predicted octanol–water partition coefficient (Wildman–Crippen LogP) is 0.989. The van der Waals surface area contributed by atoms with Crippen LogP contribution in [0.1, 0.15) is 6.42 Å². The van der Waals surface area contributed by atoms with Crippen LogP contribution in [0.3, 0.4) is 0 Å². The molecule has 1 aromatic rings. The molecule has 5 heteroatoms. The third-order valence-electron chi connectivity index (χ3n) is 3.63. The molecule has 3 rings (SSSR count). The Bertz CT molecular complexity index is 481. The van der Waals surface area contributed by atoms with Gasteiger partial charge in [-0.2, -0.15) is 0 Å². The minimum Gasteiger partial charge on any atom is -0.497 e. The molecule has 1 fully saturated rings. The quantitative estimate of drug-likeness (QED) is 0.846. The number of aliphatic imine (C=N–C) groups is 1. The average molecular weight is 247 g/mol. The minimum absolute atomic E-state index is 0.101. The molecule has 0 amide bonds. The summed E-state index contributed by atoms with van der Waals surface area (Å²) in [7, 11) is 1.66. The van der Waals surface area contributed by atoms with Gasteiger partial charge >= 0.3 is 0 Å². The maximum absolute atomic E-state index is 6.04.